The predicted octanol–water partition coefficient (Wildman–Crippen LogP) is 13.6. The van der Waals surface area contributed by atoms with Crippen molar-refractivity contribution in [3.05, 3.63) is 206 Å². The monoisotopic (exact) mass is 726 g/mol. The quantitative estimate of drug-likeness (QED) is 0.171. The van der Waals surface area contributed by atoms with Crippen LogP contribution in [-0.4, -0.2) is 19.5 Å². The topological polar surface area (TPSA) is 43.6 Å². The van der Waals surface area contributed by atoms with Crippen LogP contribution in [0.25, 0.3) is 105 Å². The summed E-state index contributed by atoms with van der Waals surface area (Å²) < 4.78 is 2.37. The average molecular weight is 727 g/mol. The summed E-state index contributed by atoms with van der Waals surface area (Å²) >= 11 is 0. The van der Waals surface area contributed by atoms with Gasteiger partial charge >= 0.3 is 0 Å². The third kappa shape index (κ3) is 5.66. The summed E-state index contributed by atoms with van der Waals surface area (Å²) in [6.07, 6.45) is 0. The first-order valence-corrected chi connectivity index (χ1v) is 19.3. The van der Waals surface area contributed by atoms with Crippen molar-refractivity contribution in [2.24, 2.45) is 0 Å². The third-order valence-corrected chi connectivity index (χ3v) is 11.1. The maximum Gasteiger partial charge on any atom is 0.166 e. The van der Waals surface area contributed by atoms with Crippen LogP contribution in [0.2, 0.25) is 0 Å². The molecular formula is C53H34N4. The van der Waals surface area contributed by atoms with E-state index in [1.54, 1.807) is 0 Å². The standard InChI is InChI=1S/C53H34N4/c1-3-15-35(16-4-1)39-29-30-47(50(34-39)57-48-25-13-11-23-44(48)45-24-12-14-26-49(45)57)53-55-51(40-28-27-36-17-7-8-20-38(36)33-40)54-52(56-53)46-32-31-41(37-18-5-2-6-19-37)42-21-9-10-22-43(42)46/h1-34H. The first-order valence-electron chi connectivity index (χ1n) is 19.3. The van der Waals surface area contributed by atoms with Crippen molar-refractivity contribution >= 4 is 43.4 Å². The number of hydrogen-bond acceptors (Lipinski definition) is 3. The molecule has 0 bridgehead atoms. The second kappa shape index (κ2) is 13.6. The maximum atomic E-state index is 5.41. The summed E-state index contributed by atoms with van der Waals surface area (Å²) in [7, 11) is 0. The van der Waals surface area contributed by atoms with Gasteiger partial charge in [-0.15, -0.1) is 0 Å². The van der Waals surface area contributed by atoms with Gasteiger partial charge in [0, 0.05) is 27.5 Å². The van der Waals surface area contributed by atoms with Gasteiger partial charge in [0.1, 0.15) is 0 Å². The summed E-state index contributed by atoms with van der Waals surface area (Å²) in [6.45, 7) is 0. The molecule has 266 valence electrons. The normalized spacial score (nSPS) is 11.5. The van der Waals surface area contributed by atoms with E-state index < -0.39 is 0 Å². The Morgan fingerprint density at radius 1 is 0.281 bits per heavy atom. The van der Waals surface area contributed by atoms with Crippen molar-refractivity contribution in [1.29, 1.82) is 0 Å². The van der Waals surface area contributed by atoms with Gasteiger partial charge < -0.3 is 4.57 Å². The molecule has 2 aromatic heterocycles. The fraction of sp³-hybridized carbons (Fsp3) is 0. The van der Waals surface area contributed by atoms with Crippen LogP contribution >= 0.6 is 0 Å². The van der Waals surface area contributed by atoms with Crippen molar-refractivity contribution in [3.8, 4) is 62.1 Å². The highest BCUT2D eigenvalue weighted by atomic mass is 15.1. The first-order chi connectivity index (χ1) is 28.3. The molecule has 0 N–H and O–H groups in total. The van der Waals surface area contributed by atoms with Gasteiger partial charge in [-0.25, -0.2) is 15.0 Å². The first kappa shape index (κ1) is 32.7. The van der Waals surface area contributed by atoms with Gasteiger partial charge in [0.05, 0.1) is 16.7 Å². The molecule has 0 aliphatic heterocycles. The van der Waals surface area contributed by atoms with E-state index in [0.717, 1.165) is 60.7 Å². The van der Waals surface area contributed by atoms with Gasteiger partial charge in [0.25, 0.3) is 0 Å². The third-order valence-electron chi connectivity index (χ3n) is 11.1. The molecule has 0 fully saturated rings. The highest BCUT2D eigenvalue weighted by molar-refractivity contribution is 6.10. The summed E-state index contributed by atoms with van der Waals surface area (Å²) in [4.78, 5) is 16.0. The summed E-state index contributed by atoms with van der Waals surface area (Å²) in [5.74, 6) is 1.85. The van der Waals surface area contributed by atoms with Crippen molar-refractivity contribution in [3.63, 3.8) is 0 Å². The molecule has 9 aromatic carbocycles. The van der Waals surface area contributed by atoms with Crippen LogP contribution in [0.5, 0.6) is 0 Å². The Labute approximate surface area is 330 Å². The molecule has 0 saturated carbocycles. The second-order valence-corrected chi connectivity index (χ2v) is 14.4. The van der Waals surface area contributed by atoms with Gasteiger partial charge in [0.15, 0.2) is 17.5 Å². The van der Waals surface area contributed by atoms with E-state index in [4.69, 9.17) is 15.0 Å². The van der Waals surface area contributed by atoms with Gasteiger partial charge in [-0.2, -0.15) is 0 Å². The molecular weight excluding hydrogens is 693 g/mol. The maximum absolute atomic E-state index is 5.41. The lowest BCUT2D eigenvalue weighted by molar-refractivity contribution is 1.07. The van der Waals surface area contributed by atoms with Crippen LogP contribution in [-0.2, 0) is 0 Å². The number of hydrogen-bond donors (Lipinski definition) is 0. The minimum atomic E-state index is 0.607. The summed E-state index contributed by atoms with van der Waals surface area (Å²) in [5, 5.41) is 6.93. The Morgan fingerprint density at radius 2 is 0.772 bits per heavy atom. The Bertz CT molecular complexity index is 3240. The Kier molecular flexibility index (Phi) is 7.78. The van der Waals surface area contributed by atoms with Gasteiger partial charge in [0.2, 0.25) is 0 Å². The van der Waals surface area contributed by atoms with Crippen molar-refractivity contribution in [1.82, 2.24) is 19.5 Å². The number of para-hydroxylation sites is 2. The van der Waals surface area contributed by atoms with E-state index in [1.807, 2.05) is 0 Å². The van der Waals surface area contributed by atoms with Gasteiger partial charge in [-0.1, -0.05) is 170 Å². The van der Waals surface area contributed by atoms with E-state index >= 15 is 0 Å². The Morgan fingerprint density at radius 3 is 1.47 bits per heavy atom. The zero-order chi connectivity index (χ0) is 37.7. The molecule has 0 amide bonds. The molecule has 0 spiro atoms. The Hall–Kier alpha value is -7.69. The molecule has 11 rings (SSSR count). The van der Waals surface area contributed by atoms with E-state index in [1.165, 1.54) is 27.3 Å². The van der Waals surface area contributed by atoms with Crippen LogP contribution in [0.15, 0.2) is 206 Å². The number of rotatable bonds is 6. The smallest absolute Gasteiger partial charge is 0.166 e. The lowest BCUT2D eigenvalue weighted by Gasteiger charge is -2.17. The molecule has 0 aliphatic carbocycles. The molecule has 0 atom stereocenters. The number of benzene rings is 9. The second-order valence-electron chi connectivity index (χ2n) is 14.4. The molecule has 0 aliphatic rings. The lowest BCUT2D eigenvalue weighted by atomic mass is 9.94. The minimum Gasteiger partial charge on any atom is -0.308 e. The summed E-state index contributed by atoms with van der Waals surface area (Å²) in [5.41, 5.74) is 10.6. The highest BCUT2D eigenvalue weighted by Crippen LogP contribution is 2.40. The molecule has 2 heterocycles. The van der Waals surface area contributed by atoms with Crippen molar-refractivity contribution in [2.75, 3.05) is 0 Å². The number of fused-ring (bicyclic) bond motifs is 5. The minimum absolute atomic E-state index is 0.607. The predicted molar refractivity (Wildman–Crippen MR) is 236 cm³/mol. The number of aromatic nitrogens is 4. The van der Waals surface area contributed by atoms with Crippen LogP contribution in [0.4, 0.5) is 0 Å². The zero-order valence-electron chi connectivity index (χ0n) is 30.9. The molecule has 4 nitrogen and oxygen atoms in total. The fourth-order valence-electron chi connectivity index (χ4n) is 8.34. The van der Waals surface area contributed by atoms with Crippen LogP contribution < -0.4 is 0 Å². The van der Waals surface area contributed by atoms with Crippen LogP contribution in [0, 0.1) is 0 Å². The van der Waals surface area contributed by atoms with Crippen molar-refractivity contribution in [2.45, 2.75) is 0 Å². The Balaban J connectivity index is 1.21. The summed E-state index contributed by atoms with van der Waals surface area (Å²) in [6, 6.07) is 72.8. The van der Waals surface area contributed by atoms with Crippen molar-refractivity contribution < 1.29 is 0 Å². The average Bonchev–Trinajstić information content (AvgIpc) is 3.63. The molecule has 57 heavy (non-hydrogen) atoms. The highest BCUT2D eigenvalue weighted by Gasteiger charge is 2.21. The van der Waals surface area contributed by atoms with Gasteiger partial charge in [-0.3, -0.25) is 0 Å². The molecule has 0 saturated heterocycles. The zero-order valence-corrected chi connectivity index (χ0v) is 30.9. The molecule has 0 unspecified atom stereocenters. The SMILES string of the molecule is c1ccc(-c2ccc(-c3nc(-c4ccc5ccccc5c4)nc(-c4ccc(-c5ccccc5)c5ccccc45)n3)c(-n3c4ccccc4c4ccccc43)c2)cc1. The lowest BCUT2D eigenvalue weighted by Crippen LogP contribution is -2.04. The number of nitrogens with zero attached hydrogens (tertiary/aromatic N) is 4. The molecule has 4 heteroatoms. The fourth-order valence-corrected chi connectivity index (χ4v) is 8.34. The van der Waals surface area contributed by atoms with Gasteiger partial charge in [-0.05, 0) is 80.2 Å². The molecule has 11 aromatic rings. The van der Waals surface area contributed by atoms with E-state index in [9.17, 15) is 0 Å². The van der Waals surface area contributed by atoms with Crippen LogP contribution in [0.3, 0.4) is 0 Å². The largest absolute Gasteiger partial charge is 0.308 e. The van der Waals surface area contributed by atoms with E-state index in [-0.39, 0.29) is 0 Å². The van der Waals surface area contributed by atoms with E-state index in [2.05, 4.69) is 211 Å². The van der Waals surface area contributed by atoms with E-state index in [0.29, 0.717) is 17.5 Å². The molecule has 0 radical (unpaired) electrons. The van der Waals surface area contributed by atoms with Crippen LogP contribution in [0.1, 0.15) is 0 Å².